The van der Waals surface area contributed by atoms with E-state index in [9.17, 15) is 19.7 Å². The van der Waals surface area contributed by atoms with Crippen molar-refractivity contribution in [2.24, 2.45) is 5.16 Å². The van der Waals surface area contributed by atoms with Gasteiger partial charge in [-0.1, -0.05) is 28.4 Å². The maximum Gasteiger partial charge on any atom is 0.313 e. The first-order valence-corrected chi connectivity index (χ1v) is 5.38. The number of fused-ring (bicyclic) bond motifs is 1. The Morgan fingerprint density at radius 2 is 2.00 bits per heavy atom. The van der Waals surface area contributed by atoms with Crippen LogP contribution in [-0.4, -0.2) is 27.5 Å². The molecule has 0 fully saturated rings. The molecule has 1 aliphatic heterocycles. The molecule has 0 bridgehead atoms. The standard InChI is InChI=1S/C9H3Cl2N3O5/c10-3-1-2-5(7(4(3)11)14(18)19)12-9(16)6(13-17)8(2)15/h1,17H,(H,12,16)/b13-6-. The fourth-order valence-corrected chi connectivity index (χ4v) is 2.00. The second-order valence-electron chi connectivity index (χ2n) is 3.43. The van der Waals surface area contributed by atoms with Crippen LogP contribution >= 0.6 is 23.2 Å². The number of nitro benzene ring substituents is 1. The molecule has 2 rings (SSSR count). The zero-order chi connectivity index (χ0) is 14.3. The van der Waals surface area contributed by atoms with Crippen molar-refractivity contribution in [3.63, 3.8) is 0 Å². The first-order chi connectivity index (χ1) is 8.88. The highest BCUT2D eigenvalue weighted by atomic mass is 35.5. The van der Waals surface area contributed by atoms with Crippen molar-refractivity contribution >= 4 is 52.0 Å². The number of anilines is 1. The lowest BCUT2D eigenvalue weighted by molar-refractivity contribution is -0.383. The van der Waals surface area contributed by atoms with Gasteiger partial charge in [0.05, 0.1) is 15.5 Å². The molecule has 1 amide bonds. The summed E-state index contributed by atoms with van der Waals surface area (Å²) in [5.74, 6) is -2.05. The summed E-state index contributed by atoms with van der Waals surface area (Å²) in [6.45, 7) is 0. The molecule has 0 aliphatic carbocycles. The number of nitrogens with zero attached hydrogens (tertiary/aromatic N) is 2. The predicted octanol–water partition coefficient (Wildman–Crippen LogP) is 1.87. The number of rotatable bonds is 1. The molecule has 19 heavy (non-hydrogen) atoms. The first kappa shape index (κ1) is 13.2. The number of hydrogen-bond donors (Lipinski definition) is 2. The van der Waals surface area contributed by atoms with Crippen LogP contribution in [0.5, 0.6) is 0 Å². The van der Waals surface area contributed by atoms with Gasteiger partial charge in [-0.05, 0) is 6.07 Å². The monoisotopic (exact) mass is 303 g/mol. The molecule has 0 atom stereocenters. The zero-order valence-electron chi connectivity index (χ0n) is 8.81. The van der Waals surface area contributed by atoms with Crippen LogP contribution in [0.15, 0.2) is 11.2 Å². The lowest BCUT2D eigenvalue weighted by Gasteiger charge is -2.17. The van der Waals surface area contributed by atoms with Gasteiger partial charge < -0.3 is 10.5 Å². The summed E-state index contributed by atoms with van der Waals surface area (Å²) in [5.41, 5.74) is -2.13. The molecule has 0 radical (unpaired) electrons. The molecule has 2 N–H and O–H groups in total. The molecule has 10 heteroatoms. The average Bonchev–Trinajstić information content (AvgIpc) is 2.32. The summed E-state index contributed by atoms with van der Waals surface area (Å²) >= 11 is 11.4. The van der Waals surface area contributed by atoms with Crippen LogP contribution in [0.3, 0.4) is 0 Å². The van der Waals surface area contributed by atoms with Crippen molar-refractivity contribution in [2.75, 3.05) is 5.32 Å². The summed E-state index contributed by atoms with van der Waals surface area (Å²) in [6, 6.07) is 1.05. The predicted molar refractivity (Wildman–Crippen MR) is 65.3 cm³/mol. The van der Waals surface area contributed by atoms with Gasteiger partial charge in [-0.25, -0.2) is 0 Å². The summed E-state index contributed by atoms with van der Waals surface area (Å²) in [7, 11) is 0. The summed E-state index contributed by atoms with van der Waals surface area (Å²) in [5, 5.41) is 23.5. The van der Waals surface area contributed by atoms with Crippen LogP contribution in [-0.2, 0) is 4.79 Å². The number of Topliss-reactive ketones (excluding diaryl/α,β-unsaturated/α-hetero) is 1. The molecule has 1 aromatic rings. The van der Waals surface area contributed by atoms with E-state index >= 15 is 0 Å². The Morgan fingerprint density at radius 3 is 2.53 bits per heavy atom. The molecule has 98 valence electrons. The maximum atomic E-state index is 11.8. The van der Waals surface area contributed by atoms with Gasteiger partial charge in [0.25, 0.3) is 5.91 Å². The number of amides is 1. The van der Waals surface area contributed by atoms with Gasteiger partial charge in [-0.2, -0.15) is 0 Å². The lowest BCUT2D eigenvalue weighted by Crippen LogP contribution is -2.36. The second kappa shape index (κ2) is 4.48. The largest absolute Gasteiger partial charge is 0.410 e. The number of carbonyl (C=O) groups is 2. The Kier molecular flexibility index (Phi) is 3.13. The van der Waals surface area contributed by atoms with Gasteiger partial charge in [-0.3, -0.25) is 19.7 Å². The van der Waals surface area contributed by atoms with E-state index in [2.05, 4.69) is 10.5 Å². The van der Waals surface area contributed by atoms with Crippen molar-refractivity contribution in [1.82, 2.24) is 0 Å². The highest BCUT2D eigenvalue weighted by Gasteiger charge is 2.38. The van der Waals surface area contributed by atoms with E-state index < -0.39 is 33.0 Å². The van der Waals surface area contributed by atoms with Crippen molar-refractivity contribution < 1.29 is 19.7 Å². The zero-order valence-corrected chi connectivity index (χ0v) is 10.3. The number of hydrogen-bond acceptors (Lipinski definition) is 6. The average molecular weight is 304 g/mol. The molecule has 0 saturated carbocycles. The van der Waals surface area contributed by atoms with Crippen LogP contribution in [0, 0.1) is 10.1 Å². The number of nitro groups is 1. The fourth-order valence-electron chi connectivity index (χ4n) is 1.58. The van der Waals surface area contributed by atoms with Crippen molar-refractivity contribution in [1.29, 1.82) is 0 Å². The second-order valence-corrected chi connectivity index (χ2v) is 4.22. The highest BCUT2D eigenvalue weighted by molar-refractivity contribution is 6.73. The summed E-state index contributed by atoms with van der Waals surface area (Å²) in [4.78, 5) is 33.3. The van der Waals surface area contributed by atoms with Gasteiger partial charge >= 0.3 is 5.69 Å². The quantitative estimate of drug-likeness (QED) is 0.466. The molecule has 0 spiro atoms. The first-order valence-electron chi connectivity index (χ1n) is 4.63. The van der Waals surface area contributed by atoms with Crippen LogP contribution in [0.4, 0.5) is 11.4 Å². The molecular formula is C9H3Cl2N3O5. The topological polar surface area (TPSA) is 122 Å². The van der Waals surface area contributed by atoms with E-state index in [0.29, 0.717) is 0 Å². The summed E-state index contributed by atoms with van der Waals surface area (Å²) in [6.07, 6.45) is 0. The molecule has 1 aromatic carbocycles. The SMILES string of the molecule is O=C1Nc2c(cc(Cl)c(Cl)c2[N+](=O)[O-])C(=O)/C1=N/O. The van der Waals surface area contributed by atoms with E-state index in [-0.39, 0.29) is 16.3 Å². The number of ketones is 1. The van der Waals surface area contributed by atoms with E-state index in [0.717, 1.165) is 6.07 Å². The van der Waals surface area contributed by atoms with Crippen molar-refractivity contribution in [3.8, 4) is 0 Å². The highest BCUT2D eigenvalue weighted by Crippen LogP contribution is 2.42. The Morgan fingerprint density at radius 1 is 1.37 bits per heavy atom. The Balaban J connectivity index is 2.82. The smallest absolute Gasteiger partial charge is 0.313 e. The molecule has 0 aromatic heterocycles. The number of nitrogens with one attached hydrogen (secondary N) is 1. The summed E-state index contributed by atoms with van der Waals surface area (Å²) < 4.78 is 0. The van der Waals surface area contributed by atoms with E-state index in [1.54, 1.807) is 0 Å². The lowest BCUT2D eigenvalue weighted by atomic mass is 9.99. The molecule has 1 aliphatic rings. The van der Waals surface area contributed by atoms with Crippen LogP contribution in [0.2, 0.25) is 10.0 Å². The van der Waals surface area contributed by atoms with Gasteiger partial charge in [0, 0.05) is 0 Å². The van der Waals surface area contributed by atoms with Gasteiger partial charge in [0.15, 0.2) is 0 Å². The number of halogens is 2. The minimum absolute atomic E-state index is 0.228. The number of carbonyl (C=O) groups excluding carboxylic acids is 2. The Hall–Kier alpha value is -2.19. The van der Waals surface area contributed by atoms with Crippen LogP contribution in [0.1, 0.15) is 10.4 Å². The van der Waals surface area contributed by atoms with Crippen LogP contribution < -0.4 is 5.32 Å². The minimum atomic E-state index is -1.07. The van der Waals surface area contributed by atoms with Crippen molar-refractivity contribution in [2.45, 2.75) is 0 Å². The molecule has 8 nitrogen and oxygen atoms in total. The maximum absolute atomic E-state index is 11.8. The van der Waals surface area contributed by atoms with Gasteiger partial charge in [-0.15, -0.1) is 0 Å². The molecule has 0 unspecified atom stereocenters. The normalized spacial score (nSPS) is 16.2. The van der Waals surface area contributed by atoms with Gasteiger partial charge in [0.1, 0.15) is 10.7 Å². The number of oxime groups is 1. The molecule has 0 saturated heterocycles. The van der Waals surface area contributed by atoms with Gasteiger partial charge in [0.2, 0.25) is 11.5 Å². The Bertz CT molecular complexity index is 670. The third kappa shape index (κ3) is 1.90. The third-order valence-corrected chi connectivity index (χ3v) is 3.17. The van der Waals surface area contributed by atoms with E-state index in [1.165, 1.54) is 0 Å². The Labute approximate surface area is 114 Å². The van der Waals surface area contributed by atoms with Crippen molar-refractivity contribution in [3.05, 3.63) is 31.8 Å². The fraction of sp³-hybridized carbons (Fsp3) is 0. The third-order valence-electron chi connectivity index (χ3n) is 2.39. The molecule has 1 heterocycles. The molecular weight excluding hydrogens is 301 g/mol. The number of benzene rings is 1. The van der Waals surface area contributed by atoms with E-state index in [4.69, 9.17) is 28.4 Å². The van der Waals surface area contributed by atoms with Crippen LogP contribution in [0.25, 0.3) is 0 Å². The minimum Gasteiger partial charge on any atom is -0.410 e. The van der Waals surface area contributed by atoms with E-state index in [1.807, 2.05) is 0 Å².